The van der Waals surface area contributed by atoms with Crippen LogP contribution in [0.3, 0.4) is 0 Å². The molecule has 1 aromatic rings. The maximum Gasteiger partial charge on any atom is 0.137 e. The summed E-state index contributed by atoms with van der Waals surface area (Å²) < 4.78 is 0. The molecule has 0 bridgehead atoms. The lowest BCUT2D eigenvalue weighted by Crippen LogP contribution is -2.26. The summed E-state index contributed by atoms with van der Waals surface area (Å²) in [6.45, 7) is 4.63. The van der Waals surface area contributed by atoms with E-state index in [1.807, 2.05) is 27.9 Å². The van der Waals surface area contributed by atoms with Crippen LogP contribution in [0.2, 0.25) is 0 Å². The average molecular weight is 259 g/mol. The molecule has 0 aliphatic heterocycles. The highest BCUT2D eigenvalue weighted by Gasteiger charge is 2.28. The fourth-order valence-electron chi connectivity index (χ4n) is 2.20. The molecule has 0 spiro atoms. The van der Waals surface area contributed by atoms with Crippen LogP contribution in [-0.4, -0.2) is 30.6 Å². The van der Waals surface area contributed by atoms with E-state index in [4.69, 9.17) is 10.2 Å². The average Bonchev–Trinajstić information content (AvgIpc) is 3.23. The smallest absolute Gasteiger partial charge is 0.137 e. The van der Waals surface area contributed by atoms with Gasteiger partial charge in [0.1, 0.15) is 17.5 Å². The van der Waals surface area contributed by atoms with Gasteiger partial charge in [-0.25, -0.2) is 9.97 Å². The summed E-state index contributed by atoms with van der Waals surface area (Å²) in [7, 11) is 3.87. The van der Waals surface area contributed by atoms with Crippen LogP contribution >= 0.6 is 0 Å². The monoisotopic (exact) mass is 259 g/mol. The molecule has 102 valence electrons. The maximum atomic E-state index is 8.93. The van der Waals surface area contributed by atoms with E-state index >= 15 is 0 Å². The Hall–Kier alpha value is -1.83. The third-order valence-electron chi connectivity index (χ3n) is 3.45. The number of nitrogens with zero attached hydrogens (tertiary/aromatic N) is 4. The maximum absolute atomic E-state index is 8.93. The van der Waals surface area contributed by atoms with Crippen molar-refractivity contribution in [3.8, 4) is 6.07 Å². The Bertz CT molecular complexity index is 501. The van der Waals surface area contributed by atoms with Gasteiger partial charge in [0, 0.05) is 32.1 Å². The molecule has 5 nitrogen and oxygen atoms in total. The Balaban J connectivity index is 2.32. The Morgan fingerprint density at radius 1 is 1.47 bits per heavy atom. The summed E-state index contributed by atoms with van der Waals surface area (Å²) in [4.78, 5) is 11.3. The van der Waals surface area contributed by atoms with E-state index < -0.39 is 0 Å². The molecule has 0 saturated heterocycles. The van der Waals surface area contributed by atoms with Crippen molar-refractivity contribution < 1.29 is 0 Å². The number of nitriles is 1. The van der Waals surface area contributed by atoms with Crippen molar-refractivity contribution in [1.29, 1.82) is 5.26 Å². The van der Waals surface area contributed by atoms with Crippen molar-refractivity contribution in [3.63, 3.8) is 0 Å². The van der Waals surface area contributed by atoms with Gasteiger partial charge in [0.05, 0.1) is 12.0 Å². The topological polar surface area (TPSA) is 64.8 Å². The SMILES string of the molecule is CNc1nc(C2CC2)nc(N(C)CC(C)C#N)c1C. The Morgan fingerprint density at radius 3 is 2.68 bits per heavy atom. The fraction of sp³-hybridized carbons (Fsp3) is 0.643. The zero-order valence-corrected chi connectivity index (χ0v) is 12.1. The summed E-state index contributed by atoms with van der Waals surface area (Å²) in [5, 5.41) is 12.1. The largest absolute Gasteiger partial charge is 0.373 e. The molecule has 0 aromatic carbocycles. The normalized spacial score (nSPS) is 15.7. The van der Waals surface area contributed by atoms with Crippen LogP contribution in [0.4, 0.5) is 11.6 Å². The molecule has 0 radical (unpaired) electrons. The van der Waals surface area contributed by atoms with Gasteiger partial charge < -0.3 is 10.2 Å². The van der Waals surface area contributed by atoms with Crippen molar-refractivity contribution in [3.05, 3.63) is 11.4 Å². The second kappa shape index (κ2) is 5.43. The standard InChI is InChI=1S/C14H21N5/c1-9(7-15)8-19(4)14-10(2)12(16-3)17-13(18-14)11-5-6-11/h9,11H,5-6,8H2,1-4H3,(H,16,17,18). The Morgan fingerprint density at radius 2 is 2.16 bits per heavy atom. The molecule has 1 saturated carbocycles. The summed E-state index contributed by atoms with van der Waals surface area (Å²) in [5.41, 5.74) is 1.04. The van der Waals surface area contributed by atoms with E-state index in [0.29, 0.717) is 12.5 Å². The Labute approximate surface area is 114 Å². The van der Waals surface area contributed by atoms with E-state index in [1.165, 1.54) is 12.8 Å². The van der Waals surface area contributed by atoms with Crippen molar-refractivity contribution in [2.24, 2.45) is 5.92 Å². The van der Waals surface area contributed by atoms with E-state index in [-0.39, 0.29) is 5.92 Å². The molecule has 5 heteroatoms. The quantitative estimate of drug-likeness (QED) is 0.879. The molecular formula is C14H21N5. The number of nitrogens with one attached hydrogen (secondary N) is 1. The molecule has 1 N–H and O–H groups in total. The number of hydrogen-bond acceptors (Lipinski definition) is 5. The molecule has 1 unspecified atom stereocenters. The van der Waals surface area contributed by atoms with Gasteiger partial charge in [-0.1, -0.05) is 0 Å². The number of rotatable bonds is 5. The number of anilines is 2. The molecular weight excluding hydrogens is 238 g/mol. The second-order valence-electron chi connectivity index (χ2n) is 5.31. The van der Waals surface area contributed by atoms with E-state index in [2.05, 4.69) is 21.3 Å². The van der Waals surface area contributed by atoms with Crippen molar-refractivity contribution in [1.82, 2.24) is 9.97 Å². The molecule has 1 heterocycles. The predicted molar refractivity (Wildman–Crippen MR) is 76.3 cm³/mol. The first-order valence-electron chi connectivity index (χ1n) is 6.73. The minimum Gasteiger partial charge on any atom is -0.373 e. The van der Waals surface area contributed by atoms with Crippen LogP contribution in [0, 0.1) is 24.2 Å². The van der Waals surface area contributed by atoms with E-state index in [0.717, 1.165) is 23.0 Å². The van der Waals surface area contributed by atoms with E-state index in [1.54, 1.807) is 0 Å². The van der Waals surface area contributed by atoms with Gasteiger partial charge in [-0.15, -0.1) is 0 Å². The Kier molecular flexibility index (Phi) is 3.89. The van der Waals surface area contributed by atoms with Gasteiger partial charge >= 0.3 is 0 Å². The number of hydrogen-bond donors (Lipinski definition) is 1. The first kappa shape index (κ1) is 13.6. The van der Waals surface area contributed by atoms with Gasteiger partial charge in [0.25, 0.3) is 0 Å². The van der Waals surface area contributed by atoms with E-state index in [9.17, 15) is 0 Å². The van der Waals surface area contributed by atoms with Gasteiger partial charge in [0.15, 0.2) is 0 Å². The van der Waals surface area contributed by atoms with Crippen molar-refractivity contribution in [2.75, 3.05) is 30.9 Å². The summed E-state index contributed by atoms with van der Waals surface area (Å²) >= 11 is 0. The molecule has 1 fully saturated rings. The summed E-state index contributed by atoms with van der Waals surface area (Å²) in [5.74, 6) is 3.27. The minimum absolute atomic E-state index is 0.0122. The first-order valence-corrected chi connectivity index (χ1v) is 6.73. The van der Waals surface area contributed by atoms with Crippen LogP contribution in [0.25, 0.3) is 0 Å². The van der Waals surface area contributed by atoms with Gasteiger partial charge in [-0.05, 0) is 26.7 Å². The highest BCUT2D eigenvalue weighted by molar-refractivity contribution is 5.58. The van der Waals surface area contributed by atoms with Crippen LogP contribution in [0.5, 0.6) is 0 Å². The van der Waals surface area contributed by atoms with Crippen LogP contribution in [0.15, 0.2) is 0 Å². The second-order valence-corrected chi connectivity index (χ2v) is 5.31. The van der Waals surface area contributed by atoms with Crippen LogP contribution in [0.1, 0.15) is 37.1 Å². The lowest BCUT2D eigenvalue weighted by atomic mass is 10.2. The third-order valence-corrected chi connectivity index (χ3v) is 3.45. The van der Waals surface area contributed by atoms with Crippen LogP contribution < -0.4 is 10.2 Å². The summed E-state index contributed by atoms with van der Waals surface area (Å²) in [6.07, 6.45) is 2.37. The molecule has 2 rings (SSSR count). The fourth-order valence-corrected chi connectivity index (χ4v) is 2.20. The third kappa shape index (κ3) is 2.95. The van der Waals surface area contributed by atoms with Crippen molar-refractivity contribution in [2.45, 2.75) is 32.6 Å². The van der Waals surface area contributed by atoms with Crippen molar-refractivity contribution >= 4 is 11.6 Å². The first-order chi connectivity index (χ1) is 9.06. The van der Waals surface area contributed by atoms with Crippen LogP contribution in [-0.2, 0) is 0 Å². The number of aromatic nitrogens is 2. The van der Waals surface area contributed by atoms with Gasteiger partial charge in [0.2, 0.25) is 0 Å². The highest BCUT2D eigenvalue weighted by atomic mass is 15.2. The zero-order chi connectivity index (χ0) is 14.0. The predicted octanol–water partition coefficient (Wildman–Crippen LogP) is 2.30. The molecule has 1 atom stereocenters. The minimum atomic E-state index is -0.0122. The lowest BCUT2D eigenvalue weighted by molar-refractivity contribution is 0.704. The molecule has 1 aliphatic carbocycles. The highest BCUT2D eigenvalue weighted by Crippen LogP contribution is 2.39. The molecule has 1 aliphatic rings. The van der Waals surface area contributed by atoms with Gasteiger partial charge in [-0.2, -0.15) is 5.26 Å². The van der Waals surface area contributed by atoms with Gasteiger partial charge in [-0.3, -0.25) is 0 Å². The zero-order valence-electron chi connectivity index (χ0n) is 12.1. The lowest BCUT2D eigenvalue weighted by Gasteiger charge is -2.23. The molecule has 1 aromatic heterocycles. The molecule has 19 heavy (non-hydrogen) atoms. The molecule has 0 amide bonds. The summed E-state index contributed by atoms with van der Waals surface area (Å²) in [6, 6.07) is 2.26.